The molecule has 2 N–H and O–H groups in total. The minimum atomic E-state index is -2.78. The first-order chi connectivity index (χ1) is 14.9. The summed E-state index contributed by atoms with van der Waals surface area (Å²) >= 11 is 4.37. The van der Waals surface area contributed by atoms with E-state index >= 15 is 0 Å². The second-order valence-electron chi connectivity index (χ2n) is 7.36. The van der Waals surface area contributed by atoms with Crippen LogP contribution in [0.3, 0.4) is 0 Å². The van der Waals surface area contributed by atoms with Crippen LogP contribution in [0.1, 0.15) is 23.5 Å². The summed E-state index contributed by atoms with van der Waals surface area (Å²) in [5.74, 6) is -1.67. The van der Waals surface area contributed by atoms with E-state index in [1.807, 2.05) is 24.3 Å². The molecule has 2 aromatic carbocycles. The van der Waals surface area contributed by atoms with Gasteiger partial charge in [0.05, 0.1) is 0 Å². The van der Waals surface area contributed by atoms with Gasteiger partial charge in [0.25, 0.3) is 0 Å². The highest BCUT2D eigenvalue weighted by atomic mass is 35.5. The molecule has 4 rings (SSSR count). The molecule has 3 atom stereocenters. The number of nitrogens with zero attached hydrogens (tertiary/aromatic N) is 1. The van der Waals surface area contributed by atoms with Crippen molar-refractivity contribution in [3.8, 4) is 10.4 Å². The van der Waals surface area contributed by atoms with Gasteiger partial charge in [0, 0.05) is 33.7 Å². The van der Waals surface area contributed by atoms with Crippen LogP contribution in [0.5, 0.6) is 0 Å². The molecule has 31 heavy (non-hydrogen) atoms. The highest BCUT2D eigenvalue weighted by molar-refractivity contribution is 7.81. The van der Waals surface area contributed by atoms with E-state index in [9.17, 15) is 23.8 Å². The molecule has 1 heterocycles. The minimum absolute atomic E-state index is 0.0163. The van der Waals surface area contributed by atoms with E-state index in [2.05, 4.69) is 0 Å². The summed E-state index contributed by atoms with van der Waals surface area (Å²) in [4.78, 5) is 13.2. The number of halogens is 1. The summed E-state index contributed by atoms with van der Waals surface area (Å²) in [7, 11) is 0. The number of aliphatic carboxylic acids is 1. The molecule has 162 valence electrons. The maximum absolute atomic E-state index is 12.3. The first-order valence-corrected chi connectivity index (χ1v) is 11.8. The number of aliphatic hydroxyl groups excluding tert-OH is 1. The molecule has 1 aliphatic carbocycles. The van der Waals surface area contributed by atoms with Crippen LogP contribution in [0, 0.1) is 0 Å². The first kappa shape index (κ1) is 22.0. The predicted octanol–water partition coefficient (Wildman–Crippen LogP) is 4.21. The van der Waals surface area contributed by atoms with Gasteiger partial charge < -0.3 is 14.8 Å². The Labute approximate surface area is 191 Å². The fourth-order valence-corrected chi connectivity index (χ4v) is 6.07. The summed E-state index contributed by atoms with van der Waals surface area (Å²) in [5, 5.41) is 20.2. The number of carboxylic acids is 1. The molecule has 0 spiro atoms. The maximum Gasteiger partial charge on any atom is 0.331 e. The highest BCUT2D eigenvalue weighted by Crippen LogP contribution is 2.58. The van der Waals surface area contributed by atoms with Crippen LogP contribution in [0.2, 0.25) is 5.02 Å². The Morgan fingerprint density at radius 3 is 2.61 bits per heavy atom. The monoisotopic (exact) mass is 476 g/mol. The van der Waals surface area contributed by atoms with Crippen molar-refractivity contribution in [2.45, 2.75) is 24.3 Å². The average molecular weight is 477 g/mol. The van der Waals surface area contributed by atoms with Crippen molar-refractivity contribution in [1.82, 2.24) is 0 Å². The van der Waals surface area contributed by atoms with E-state index in [1.54, 1.807) is 36.4 Å². The highest BCUT2D eigenvalue weighted by Gasteiger charge is 2.66. The standard InChI is InChI=1S/C22H20ClNO5S2/c23-17-6-4-15(5-7-17)19-8-9-20(30-19)24(31(28)29)22(21(26)27)13-18(22)16-3-1-2-14(12-16)10-11-25/h1-9,12,18,25H,10-11,13H2,(H,26,27)(H,28,29)/p-1. The Balaban J connectivity index is 1.70. The molecule has 1 aliphatic rings. The number of aliphatic hydroxyl groups is 1. The molecular weight excluding hydrogens is 458 g/mol. The van der Waals surface area contributed by atoms with Crippen LogP contribution in [0.4, 0.5) is 5.00 Å². The molecule has 0 radical (unpaired) electrons. The molecule has 1 saturated carbocycles. The van der Waals surface area contributed by atoms with E-state index in [1.165, 1.54) is 11.3 Å². The summed E-state index contributed by atoms with van der Waals surface area (Å²) in [6.07, 6.45) is 0.625. The van der Waals surface area contributed by atoms with Gasteiger partial charge in [-0.3, -0.25) is 8.51 Å². The van der Waals surface area contributed by atoms with Crippen LogP contribution >= 0.6 is 22.9 Å². The van der Waals surface area contributed by atoms with Crippen molar-refractivity contribution in [3.63, 3.8) is 0 Å². The third-order valence-corrected chi connectivity index (χ3v) is 7.80. The van der Waals surface area contributed by atoms with Crippen LogP contribution in [0.15, 0.2) is 60.7 Å². The van der Waals surface area contributed by atoms with E-state index in [0.29, 0.717) is 16.4 Å². The minimum Gasteiger partial charge on any atom is -0.755 e. The molecular formula is C22H19ClNO5S2-. The zero-order valence-corrected chi connectivity index (χ0v) is 18.6. The van der Waals surface area contributed by atoms with Gasteiger partial charge in [-0.25, -0.2) is 4.79 Å². The van der Waals surface area contributed by atoms with E-state index in [4.69, 9.17) is 11.6 Å². The molecule has 0 aliphatic heterocycles. The number of carboxylic acid groups (broad SMARTS) is 1. The number of anilines is 1. The van der Waals surface area contributed by atoms with Crippen LogP contribution < -0.4 is 4.31 Å². The number of hydrogen-bond donors (Lipinski definition) is 2. The normalized spacial score (nSPS) is 20.9. The van der Waals surface area contributed by atoms with Crippen molar-refractivity contribution in [2.75, 3.05) is 10.9 Å². The Kier molecular flexibility index (Phi) is 6.18. The second-order valence-corrected chi connectivity index (χ2v) is 9.66. The maximum atomic E-state index is 12.3. The molecule has 6 nitrogen and oxygen atoms in total. The van der Waals surface area contributed by atoms with Gasteiger partial charge in [-0.1, -0.05) is 48.0 Å². The Hall–Kier alpha value is -2.23. The number of carbonyl (C=O) groups is 1. The SMILES string of the molecule is O=C(O)C1(N(c2ccc(-c3ccc(Cl)cc3)s2)S(=O)[O-])CC1c1cccc(CCO)c1. The van der Waals surface area contributed by atoms with Gasteiger partial charge in [-0.15, -0.1) is 11.3 Å². The van der Waals surface area contributed by atoms with Crippen LogP contribution in [-0.2, 0) is 22.5 Å². The van der Waals surface area contributed by atoms with E-state index in [-0.39, 0.29) is 13.0 Å². The number of benzene rings is 2. The molecule has 0 saturated heterocycles. The average Bonchev–Trinajstić information content (AvgIpc) is 3.30. The van der Waals surface area contributed by atoms with Gasteiger partial charge in [0.15, 0.2) is 5.54 Å². The molecule has 1 fully saturated rings. The third kappa shape index (κ3) is 4.14. The Morgan fingerprint density at radius 1 is 1.23 bits per heavy atom. The summed E-state index contributed by atoms with van der Waals surface area (Å²) in [6.45, 7) is -0.0163. The number of hydrogen-bond acceptors (Lipinski definition) is 5. The smallest absolute Gasteiger partial charge is 0.331 e. The topological polar surface area (TPSA) is 101 Å². The Morgan fingerprint density at radius 2 is 1.97 bits per heavy atom. The summed E-state index contributed by atoms with van der Waals surface area (Å²) in [5.41, 5.74) is 0.915. The van der Waals surface area contributed by atoms with Crippen molar-refractivity contribution in [1.29, 1.82) is 0 Å². The van der Waals surface area contributed by atoms with Crippen molar-refractivity contribution in [3.05, 3.63) is 76.8 Å². The van der Waals surface area contributed by atoms with Crippen molar-refractivity contribution in [2.24, 2.45) is 0 Å². The first-order valence-electron chi connectivity index (χ1n) is 9.55. The van der Waals surface area contributed by atoms with Gasteiger partial charge in [-0.05, 0) is 53.8 Å². The van der Waals surface area contributed by atoms with E-state index in [0.717, 1.165) is 25.9 Å². The lowest BCUT2D eigenvalue weighted by Gasteiger charge is -2.32. The fourth-order valence-electron chi connectivity index (χ4n) is 3.90. The molecule has 0 amide bonds. The van der Waals surface area contributed by atoms with Crippen LogP contribution in [0.25, 0.3) is 10.4 Å². The van der Waals surface area contributed by atoms with Gasteiger partial charge >= 0.3 is 5.97 Å². The second kappa shape index (κ2) is 8.72. The predicted molar refractivity (Wildman–Crippen MR) is 121 cm³/mol. The van der Waals surface area contributed by atoms with Gasteiger partial charge in [0.1, 0.15) is 5.00 Å². The molecule has 0 bridgehead atoms. The number of thiophene rings is 1. The lowest BCUT2D eigenvalue weighted by Crippen LogP contribution is -2.46. The lowest BCUT2D eigenvalue weighted by atomic mass is 10.0. The summed E-state index contributed by atoms with van der Waals surface area (Å²) < 4.78 is 25.5. The third-order valence-electron chi connectivity index (χ3n) is 5.49. The molecule has 3 unspecified atom stereocenters. The largest absolute Gasteiger partial charge is 0.755 e. The van der Waals surface area contributed by atoms with Crippen molar-refractivity contribution >= 4 is 45.2 Å². The quantitative estimate of drug-likeness (QED) is 0.474. The zero-order chi connectivity index (χ0) is 22.2. The molecule has 1 aromatic heterocycles. The summed E-state index contributed by atoms with van der Waals surface area (Å²) in [6, 6.07) is 17.8. The lowest BCUT2D eigenvalue weighted by molar-refractivity contribution is -0.139. The molecule has 3 aromatic rings. The van der Waals surface area contributed by atoms with Crippen LogP contribution in [-0.4, -0.2) is 37.1 Å². The fraction of sp³-hybridized carbons (Fsp3) is 0.227. The zero-order valence-electron chi connectivity index (χ0n) is 16.2. The number of rotatable bonds is 8. The van der Waals surface area contributed by atoms with E-state index < -0.39 is 28.7 Å². The van der Waals surface area contributed by atoms with Gasteiger partial charge in [-0.2, -0.15) is 0 Å². The Bertz CT molecular complexity index is 1130. The van der Waals surface area contributed by atoms with Gasteiger partial charge in [0.2, 0.25) is 0 Å². The molecule has 9 heteroatoms. The van der Waals surface area contributed by atoms with Crippen molar-refractivity contribution < 1.29 is 23.8 Å².